The van der Waals surface area contributed by atoms with E-state index in [1.165, 1.54) is 18.6 Å². The van der Waals surface area contributed by atoms with Gasteiger partial charge in [0.15, 0.2) is 13.1 Å². The number of quaternary nitrogens is 1. The number of nitrogens with one attached hydrogen (secondary N) is 3. The molecule has 1 fully saturated rings. The highest BCUT2D eigenvalue weighted by Gasteiger charge is 2.31. The van der Waals surface area contributed by atoms with Gasteiger partial charge in [-0.25, -0.2) is 0 Å². The molecular weight excluding hydrogens is 387 g/mol. The maximum absolute atomic E-state index is 12.3. The molecule has 1 aromatic carbocycles. The Morgan fingerprint density at radius 3 is 2.34 bits per heavy atom. The van der Waals surface area contributed by atoms with Crippen LogP contribution in [0.1, 0.15) is 33.1 Å². The first kappa shape index (κ1) is 23.0. The summed E-state index contributed by atoms with van der Waals surface area (Å²) < 4.78 is 40.3. The van der Waals surface area contributed by atoms with Gasteiger partial charge in [-0.1, -0.05) is 26.7 Å². The number of hydrogen-bond donors (Lipinski definition) is 3. The third-order valence-electron chi connectivity index (χ3n) is 5.35. The van der Waals surface area contributed by atoms with Crippen molar-refractivity contribution in [3.63, 3.8) is 0 Å². The van der Waals surface area contributed by atoms with E-state index in [0.29, 0.717) is 22.4 Å². The first-order valence-electron chi connectivity index (χ1n) is 9.80. The van der Waals surface area contributed by atoms with Gasteiger partial charge in [-0.05, 0) is 42.5 Å². The molecule has 4 atom stereocenters. The molecule has 0 radical (unpaired) electrons. The number of hydrogen-bond acceptors (Lipinski definition) is 3. The van der Waals surface area contributed by atoms with Crippen LogP contribution >= 0.6 is 0 Å². The monoisotopic (exact) mass is 416 g/mol. The van der Waals surface area contributed by atoms with Gasteiger partial charge in [-0.3, -0.25) is 9.59 Å². The lowest BCUT2D eigenvalue weighted by atomic mass is 9.78. The van der Waals surface area contributed by atoms with Crippen LogP contribution < -0.4 is 20.3 Å². The largest absolute Gasteiger partial charge is 0.573 e. The summed E-state index contributed by atoms with van der Waals surface area (Å²) >= 11 is 0. The number of benzene rings is 1. The van der Waals surface area contributed by atoms with Crippen molar-refractivity contribution in [2.75, 3.05) is 25.5 Å². The lowest BCUT2D eigenvalue weighted by Crippen LogP contribution is -3.11. The third kappa shape index (κ3) is 7.92. The summed E-state index contributed by atoms with van der Waals surface area (Å²) in [6.07, 6.45) is -1.49. The van der Waals surface area contributed by atoms with Crippen LogP contribution in [-0.4, -0.2) is 44.4 Å². The molecule has 1 aliphatic carbocycles. The summed E-state index contributed by atoms with van der Waals surface area (Å²) in [5.41, 5.74) is 0.354. The Kier molecular flexibility index (Phi) is 7.89. The van der Waals surface area contributed by atoms with Crippen molar-refractivity contribution < 1.29 is 32.4 Å². The number of rotatable bonds is 7. The molecule has 162 valence electrons. The van der Waals surface area contributed by atoms with Crippen LogP contribution in [-0.2, 0) is 9.59 Å². The van der Waals surface area contributed by atoms with Gasteiger partial charge < -0.3 is 20.3 Å². The SMILES string of the molecule is C[C@@H]1[C@H](C)CCC[C@@H]1NC(=O)C[NH+](C)CC(=O)Nc1ccc(OC(F)(F)F)cc1. The Morgan fingerprint density at radius 1 is 1.10 bits per heavy atom. The van der Waals surface area contributed by atoms with Crippen LogP contribution in [0.15, 0.2) is 24.3 Å². The zero-order valence-electron chi connectivity index (χ0n) is 16.9. The van der Waals surface area contributed by atoms with Gasteiger partial charge in [0, 0.05) is 11.7 Å². The Bertz CT molecular complexity index is 694. The third-order valence-corrected chi connectivity index (χ3v) is 5.35. The van der Waals surface area contributed by atoms with Gasteiger partial charge in [0.2, 0.25) is 0 Å². The second-order valence-electron chi connectivity index (χ2n) is 7.87. The lowest BCUT2D eigenvalue weighted by Gasteiger charge is -2.34. The summed E-state index contributed by atoms with van der Waals surface area (Å²) in [6.45, 7) is 4.59. The van der Waals surface area contributed by atoms with Crippen molar-refractivity contribution in [3.05, 3.63) is 24.3 Å². The van der Waals surface area contributed by atoms with Crippen LogP contribution in [0.3, 0.4) is 0 Å². The highest BCUT2D eigenvalue weighted by Crippen LogP contribution is 2.29. The molecule has 1 aliphatic rings. The molecule has 0 aromatic heterocycles. The fourth-order valence-electron chi connectivity index (χ4n) is 3.60. The Morgan fingerprint density at radius 2 is 1.72 bits per heavy atom. The van der Waals surface area contributed by atoms with E-state index in [-0.39, 0.29) is 36.7 Å². The first-order chi connectivity index (χ1) is 13.5. The van der Waals surface area contributed by atoms with E-state index in [0.717, 1.165) is 25.0 Å². The average Bonchev–Trinajstić information content (AvgIpc) is 2.59. The second kappa shape index (κ2) is 9.96. The van der Waals surface area contributed by atoms with Gasteiger partial charge in [0.05, 0.1) is 7.05 Å². The highest BCUT2D eigenvalue weighted by molar-refractivity contribution is 5.91. The molecule has 0 bridgehead atoms. The van der Waals surface area contributed by atoms with Crippen molar-refractivity contribution in [3.8, 4) is 5.75 Å². The molecule has 1 aromatic rings. The van der Waals surface area contributed by atoms with E-state index in [2.05, 4.69) is 29.2 Å². The predicted octanol–water partition coefficient (Wildman–Crippen LogP) is 1.98. The lowest BCUT2D eigenvalue weighted by molar-refractivity contribution is -0.862. The van der Waals surface area contributed by atoms with Crippen molar-refractivity contribution >= 4 is 17.5 Å². The standard InChI is InChI=1S/C20H28F3N3O3/c1-13-5-4-6-17(14(13)2)25-19(28)12-26(3)11-18(27)24-15-7-9-16(10-8-15)29-20(21,22)23/h7-10,13-14,17H,4-6,11-12H2,1-3H3,(H,24,27)(H,25,28)/p+1/t13-,14-,17+/m1/s1. The zero-order chi connectivity index (χ0) is 21.6. The molecule has 0 heterocycles. The topological polar surface area (TPSA) is 71.9 Å². The van der Waals surface area contributed by atoms with E-state index in [1.807, 2.05) is 0 Å². The molecule has 0 spiro atoms. The molecule has 3 N–H and O–H groups in total. The fraction of sp³-hybridized carbons (Fsp3) is 0.600. The van der Waals surface area contributed by atoms with Crippen LogP contribution in [0.2, 0.25) is 0 Å². The quantitative estimate of drug-likeness (QED) is 0.637. The molecule has 6 nitrogen and oxygen atoms in total. The van der Waals surface area contributed by atoms with Crippen LogP contribution in [0.5, 0.6) is 5.75 Å². The van der Waals surface area contributed by atoms with E-state index in [1.54, 1.807) is 7.05 Å². The van der Waals surface area contributed by atoms with Gasteiger partial charge in [0.1, 0.15) is 5.75 Å². The molecule has 1 saturated carbocycles. The number of halogens is 3. The van der Waals surface area contributed by atoms with Crippen molar-refractivity contribution in [2.45, 2.75) is 45.5 Å². The maximum Gasteiger partial charge on any atom is 0.573 e. The van der Waals surface area contributed by atoms with Crippen molar-refractivity contribution in [1.29, 1.82) is 0 Å². The Balaban J connectivity index is 1.76. The smallest absolute Gasteiger partial charge is 0.406 e. The predicted molar refractivity (Wildman–Crippen MR) is 102 cm³/mol. The zero-order valence-corrected chi connectivity index (χ0v) is 16.9. The molecule has 9 heteroatoms. The highest BCUT2D eigenvalue weighted by atomic mass is 19.4. The van der Waals surface area contributed by atoms with E-state index in [9.17, 15) is 22.8 Å². The van der Waals surface area contributed by atoms with E-state index in [4.69, 9.17) is 0 Å². The maximum atomic E-state index is 12.3. The second-order valence-corrected chi connectivity index (χ2v) is 7.87. The van der Waals surface area contributed by atoms with E-state index < -0.39 is 6.36 Å². The van der Waals surface area contributed by atoms with Crippen molar-refractivity contribution in [1.82, 2.24) is 5.32 Å². The number of amides is 2. The van der Waals surface area contributed by atoms with Gasteiger partial charge in [-0.2, -0.15) is 0 Å². The Labute approximate surface area is 168 Å². The van der Waals surface area contributed by atoms with Crippen LogP contribution in [0, 0.1) is 11.8 Å². The van der Waals surface area contributed by atoms with Crippen LogP contribution in [0.4, 0.5) is 18.9 Å². The molecule has 29 heavy (non-hydrogen) atoms. The number of alkyl halides is 3. The van der Waals surface area contributed by atoms with Gasteiger partial charge in [0.25, 0.3) is 11.8 Å². The summed E-state index contributed by atoms with van der Waals surface area (Å²) in [6, 6.07) is 5.07. The number of carbonyl (C=O) groups is 2. The Hall–Kier alpha value is -2.29. The molecule has 2 amide bonds. The summed E-state index contributed by atoms with van der Waals surface area (Å²) in [7, 11) is 1.74. The molecular formula is C20H29F3N3O3+. The number of likely N-dealkylation sites (N-methyl/N-ethyl adjacent to an activating group) is 1. The van der Waals surface area contributed by atoms with E-state index >= 15 is 0 Å². The van der Waals surface area contributed by atoms with Gasteiger partial charge >= 0.3 is 6.36 Å². The minimum absolute atomic E-state index is 0.0604. The minimum atomic E-state index is -4.76. The summed E-state index contributed by atoms with van der Waals surface area (Å²) in [5.74, 6) is 0.231. The normalized spacial score (nSPS) is 23.2. The molecule has 2 rings (SSSR count). The minimum Gasteiger partial charge on any atom is -0.406 e. The number of carbonyl (C=O) groups excluding carboxylic acids is 2. The average molecular weight is 416 g/mol. The molecule has 0 aliphatic heterocycles. The first-order valence-corrected chi connectivity index (χ1v) is 9.80. The fourth-order valence-corrected chi connectivity index (χ4v) is 3.60. The number of anilines is 1. The molecule has 1 unspecified atom stereocenters. The van der Waals surface area contributed by atoms with Crippen molar-refractivity contribution in [2.24, 2.45) is 11.8 Å². The summed E-state index contributed by atoms with van der Waals surface area (Å²) in [5, 5.41) is 5.68. The van der Waals surface area contributed by atoms with Crippen LogP contribution in [0.25, 0.3) is 0 Å². The van der Waals surface area contributed by atoms with Gasteiger partial charge in [-0.15, -0.1) is 13.2 Å². The summed E-state index contributed by atoms with van der Waals surface area (Å²) in [4.78, 5) is 25.1. The number of ether oxygens (including phenoxy) is 1. The molecule has 0 saturated heterocycles.